The maximum Gasteiger partial charge on any atom is 0.171 e. The monoisotopic (exact) mass is 382 g/mol. The number of rotatable bonds is 4. The zero-order valence-corrected chi connectivity index (χ0v) is 15.9. The molecule has 0 saturated heterocycles. The fraction of sp³-hybridized carbons (Fsp3) is 0.136. The molecule has 5 heteroatoms. The van der Waals surface area contributed by atoms with Crippen molar-refractivity contribution >= 4 is 23.0 Å². The zero-order chi connectivity index (χ0) is 19.4. The molecular formula is C22H20F2N2S. The summed E-state index contributed by atoms with van der Waals surface area (Å²) in [7, 11) is 0. The van der Waals surface area contributed by atoms with E-state index in [9.17, 15) is 8.78 Å². The standard InChI is InChI=1S/C22H20F2N2S/c1-14-8-10-18(15(2)12-14)21(16-6-4-3-5-7-16)26-22(27)25-17-9-11-19(23)20(24)13-17/h3-13,21H,1-2H3,(H2,25,26,27). The summed E-state index contributed by atoms with van der Waals surface area (Å²) in [5.41, 5.74) is 4.87. The lowest BCUT2D eigenvalue weighted by Crippen LogP contribution is -2.33. The molecule has 3 rings (SSSR count). The molecule has 0 fully saturated rings. The Labute approximate surface area is 163 Å². The third kappa shape index (κ3) is 4.68. The zero-order valence-electron chi connectivity index (χ0n) is 15.1. The van der Waals surface area contributed by atoms with Crippen LogP contribution in [0.25, 0.3) is 0 Å². The first kappa shape index (κ1) is 19.0. The maximum atomic E-state index is 13.4. The Morgan fingerprint density at radius 3 is 2.30 bits per heavy atom. The Morgan fingerprint density at radius 1 is 0.889 bits per heavy atom. The second kappa shape index (κ2) is 8.27. The van der Waals surface area contributed by atoms with Crippen molar-refractivity contribution in [2.75, 3.05) is 5.32 Å². The number of anilines is 1. The van der Waals surface area contributed by atoms with Crippen LogP contribution in [0, 0.1) is 25.5 Å². The molecule has 0 radical (unpaired) electrons. The minimum Gasteiger partial charge on any atom is -0.352 e. The molecule has 138 valence electrons. The van der Waals surface area contributed by atoms with Crippen LogP contribution in [0.3, 0.4) is 0 Å². The topological polar surface area (TPSA) is 24.1 Å². The van der Waals surface area contributed by atoms with Crippen LogP contribution in [-0.2, 0) is 0 Å². The Hall–Kier alpha value is -2.79. The first-order chi connectivity index (χ1) is 12.9. The van der Waals surface area contributed by atoms with E-state index in [2.05, 4.69) is 42.7 Å². The van der Waals surface area contributed by atoms with Gasteiger partial charge in [-0.1, -0.05) is 54.1 Å². The fourth-order valence-electron chi connectivity index (χ4n) is 3.01. The van der Waals surface area contributed by atoms with Gasteiger partial charge in [0.2, 0.25) is 0 Å². The third-order valence-corrected chi connectivity index (χ3v) is 4.54. The Balaban J connectivity index is 1.87. The van der Waals surface area contributed by atoms with E-state index in [4.69, 9.17) is 12.2 Å². The van der Waals surface area contributed by atoms with Crippen molar-refractivity contribution in [1.82, 2.24) is 5.32 Å². The van der Waals surface area contributed by atoms with Crippen LogP contribution in [0.1, 0.15) is 28.3 Å². The summed E-state index contributed by atoms with van der Waals surface area (Å²) in [4.78, 5) is 0. The van der Waals surface area contributed by atoms with E-state index in [-0.39, 0.29) is 6.04 Å². The molecule has 0 saturated carbocycles. The van der Waals surface area contributed by atoms with Crippen molar-refractivity contribution < 1.29 is 8.78 Å². The van der Waals surface area contributed by atoms with Crippen LogP contribution >= 0.6 is 12.2 Å². The summed E-state index contributed by atoms with van der Waals surface area (Å²) in [6.45, 7) is 4.11. The number of nitrogens with one attached hydrogen (secondary N) is 2. The highest BCUT2D eigenvalue weighted by Crippen LogP contribution is 2.26. The van der Waals surface area contributed by atoms with E-state index in [1.165, 1.54) is 11.6 Å². The molecule has 0 heterocycles. The average Bonchev–Trinajstić information content (AvgIpc) is 2.64. The van der Waals surface area contributed by atoms with Crippen molar-refractivity contribution in [1.29, 1.82) is 0 Å². The van der Waals surface area contributed by atoms with Gasteiger partial charge in [-0.25, -0.2) is 8.78 Å². The van der Waals surface area contributed by atoms with Gasteiger partial charge in [0.25, 0.3) is 0 Å². The lowest BCUT2D eigenvalue weighted by Gasteiger charge is -2.24. The molecule has 0 aliphatic carbocycles. The van der Waals surface area contributed by atoms with Crippen LogP contribution in [0.15, 0.2) is 66.7 Å². The van der Waals surface area contributed by atoms with E-state index in [1.807, 2.05) is 30.3 Å². The Morgan fingerprint density at radius 2 is 1.63 bits per heavy atom. The van der Waals surface area contributed by atoms with E-state index in [0.29, 0.717) is 10.8 Å². The second-order valence-corrected chi connectivity index (χ2v) is 6.84. The van der Waals surface area contributed by atoms with Crippen LogP contribution in [-0.4, -0.2) is 5.11 Å². The minimum atomic E-state index is -0.920. The number of benzene rings is 3. The predicted octanol–water partition coefficient (Wildman–Crippen LogP) is 5.66. The number of hydrogen-bond acceptors (Lipinski definition) is 1. The van der Waals surface area contributed by atoms with Gasteiger partial charge in [-0.2, -0.15) is 0 Å². The van der Waals surface area contributed by atoms with E-state index >= 15 is 0 Å². The molecule has 0 amide bonds. The summed E-state index contributed by atoms with van der Waals surface area (Å²) >= 11 is 5.42. The Kier molecular flexibility index (Phi) is 5.81. The molecule has 3 aromatic carbocycles. The number of hydrogen-bond donors (Lipinski definition) is 2. The molecule has 1 atom stereocenters. The summed E-state index contributed by atoms with van der Waals surface area (Å²) in [6, 6.07) is 19.6. The SMILES string of the molecule is Cc1ccc(C(NC(=S)Nc2ccc(F)c(F)c2)c2ccccc2)c(C)c1. The fourth-order valence-corrected chi connectivity index (χ4v) is 3.24. The van der Waals surface area contributed by atoms with Gasteiger partial charge in [-0.3, -0.25) is 0 Å². The molecule has 0 aliphatic heterocycles. The van der Waals surface area contributed by atoms with Crippen molar-refractivity contribution in [2.45, 2.75) is 19.9 Å². The van der Waals surface area contributed by atoms with Crippen molar-refractivity contribution in [3.63, 3.8) is 0 Å². The number of halogens is 2. The largest absolute Gasteiger partial charge is 0.352 e. The van der Waals surface area contributed by atoms with Gasteiger partial charge in [-0.15, -0.1) is 0 Å². The van der Waals surface area contributed by atoms with Gasteiger partial charge in [0.15, 0.2) is 16.7 Å². The van der Waals surface area contributed by atoms with E-state index < -0.39 is 11.6 Å². The highest BCUT2D eigenvalue weighted by atomic mass is 32.1. The van der Waals surface area contributed by atoms with Gasteiger partial charge in [0.1, 0.15) is 0 Å². The third-order valence-electron chi connectivity index (χ3n) is 4.32. The van der Waals surface area contributed by atoms with Crippen LogP contribution in [0.2, 0.25) is 0 Å². The molecule has 27 heavy (non-hydrogen) atoms. The molecular weight excluding hydrogens is 362 g/mol. The Bertz CT molecular complexity index is 958. The molecule has 0 spiro atoms. The van der Waals surface area contributed by atoms with Crippen LogP contribution in [0.4, 0.5) is 14.5 Å². The lowest BCUT2D eigenvalue weighted by atomic mass is 9.94. The summed E-state index contributed by atoms with van der Waals surface area (Å²) in [5.74, 6) is -1.81. The van der Waals surface area contributed by atoms with Gasteiger partial charge in [0.05, 0.1) is 6.04 Å². The maximum absolute atomic E-state index is 13.4. The second-order valence-electron chi connectivity index (χ2n) is 6.43. The predicted molar refractivity (Wildman–Crippen MR) is 110 cm³/mol. The van der Waals surface area contributed by atoms with Gasteiger partial charge in [-0.05, 0) is 54.9 Å². The first-order valence-electron chi connectivity index (χ1n) is 8.58. The minimum absolute atomic E-state index is 0.169. The van der Waals surface area contributed by atoms with Gasteiger partial charge in [0, 0.05) is 11.8 Å². The van der Waals surface area contributed by atoms with E-state index in [0.717, 1.165) is 28.8 Å². The summed E-state index contributed by atoms with van der Waals surface area (Å²) in [5, 5.41) is 6.55. The van der Waals surface area contributed by atoms with Crippen LogP contribution < -0.4 is 10.6 Å². The molecule has 2 N–H and O–H groups in total. The molecule has 2 nitrogen and oxygen atoms in total. The summed E-state index contributed by atoms with van der Waals surface area (Å²) in [6.07, 6.45) is 0. The van der Waals surface area contributed by atoms with E-state index in [1.54, 1.807) is 0 Å². The highest BCUT2D eigenvalue weighted by Gasteiger charge is 2.17. The smallest absolute Gasteiger partial charge is 0.171 e. The summed E-state index contributed by atoms with van der Waals surface area (Å²) < 4.78 is 26.5. The van der Waals surface area contributed by atoms with Crippen molar-refractivity contribution in [3.05, 3.63) is 101 Å². The van der Waals surface area contributed by atoms with Crippen LogP contribution in [0.5, 0.6) is 0 Å². The van der Waals surface area contributed by atoms with Gasteiger partial charge >= 0.3 is 0 Å². The molecule has 1 unspecified atom stereocenters. The van der Waals surface area contributed by atoms with Gasteiger partial charge < -0.3 is 10.6 Å². The van der Waals surface area contributed by atoms with Crippen molar-refractivity contribution in [2.24, 2.45) is 0 Å². The highest BCUT2D eigenvalue weighted by molar-refractivity contribution is 7.80. The molecule has 0 aromatic heterocycles. The quantitative estimate of drug-likeness (QED) is 0.570. The average molecular weight is 382 g/mol. The normalized spacial score (nSPS) is 11.7. The first-order valence-corrected chi connectivity index (χ1v) is 8.99. The van der Waals surface area contributed by atoms with Crippen molar-refractivity contribution in [3.8, 4) is 0 Å². The molecule has 0 bridgehead atoms. The lowest BCUT2D eigenvalue weighted by molar-refractivity contribution is 0.509. The number of aryl methyl sites for hydroxylation is 2. The number of thiocarbonyl (C=S) groups is 1. The molecule has 3 aromatic rings. The molecule has 0 aliphatic rings.